The van der Waals surface area contributed by atoms with Crippen LogP contribution in [0.5, 0.6) is 11.5 Å². The third-order valence-electron chi connectivity index (χ3n) is 3.33. The summed E-state index contributed by atoms with van der Waals surface area (Å²) in [5.74, 6) is 1.73. The molecule has 4 heteroatoms. The molecule has 0 amide bonds. The molecule has 0 heterocycles. The van der Waals surface area contributed by atoms with Gasteiger partial charge < -0.3 is 19.5 Å². The van der Waals surface area contributed by atoms with Gasteiger partial charge in [-0.3, -0.25) is 0 Å². The summed E-state index contributed by atoms with van der Waals surface area (Å²) in [5.41, 5.74) is 2.15. The summed E-state index contributed by atoms with van der Waals surface area (Å²) in [7, 11) is 0. The van der Waals surface area contributed by atoms with E-state index in [0.29, 0.717) is 26.4 Å². The van der Waals surface area contributed by atoms with Crippen molar-refractivity contribution < 1.29 is 14.2 Å². The zero-order valence-corrected chi connectivity index (χ0v) is 14.7. The first kappa shape index (κ1) is 18.1. The Morgan fingerprint density at radius 3 is 2.62 bits per heavy atom. The van der Waals surface area contributed by atoms with Gasteiger partial charge in [0.2, 0.25) is 0 Å². The number of hydrogen-bond acceptors (Lipinski definition) is 4. The van der Waals surface area contributed by atoms with Gasteiger partial charge in [0.1, 0.15) is 18.1 Å². The third kappa shape index (κ3) is 6.13. The second-order valence-electron chi connectivity index (χ2n) is 5.71. The maximum absolute atomic E-state index is 5.83. The van der Waals surface area contributed by atoms with Gasteiger partial charge in [-0.2, -0.15) is 0 Å². The van der Waals surface area contributed by atoms with E-state index in [0.717, 1.165) is 22.7 Å². The summed E-state index contributed by atoms with van der Waals surface area (Å²) < 4.78 is 16.8. The van der Waals surface area contributed by atoms with Crippen LogP contribution in [-0.4, -0.2) is 25.9 Å². The average molecular weight is 329 g/mol. The summed E-state index contributed by atoms with van der Waals surface area (Å²) in [6.45, 7) is 8.63. The molecule has 0 aliphatic heterocycles. The summed E-state index contributed by atoms with van der Waals surface area (Å²) in [6.07, 6.45) is 0.148. The Labute approximate surface area is 144 Å². The maximum Gasteiger partial charge on any atom is 0.142 e. The molecule has 0 spiro atoms. The minimum atomic E-state index is 0.148. The molecule has 0 saturated heterocycles. The monoisotopic (exact) mass is 329 g/mol. The highest BCUT2D eigenvalue weighted by Gasteiger charge is 2.05. The molecule has 0 aromatic heterocycles. The smallest absolute Gasteiger partial charge is 0.142 e. The highest BCUT2D eigenvalue weighted by Crippen LogP contribution is 2.25. The molecule has 0 radical (unpaired) electrons. The highest BCUT2D eigenvalue weighted by molar-refractivity contribution is 5.56. The predicted octanol–water partition coefficient (Wildman–Crippen LogP) is 4.50. The van der Waals surface area contributed by atoms with E-state index in [1.807, 2.05) is 63.2 Å². The van der Waals surface area contributed by atoms with Gasteiger partial charge in [-0.15, -0.1) is 0 Å². The van der Waals surface area contributed by atoms with Crippen molar-refractivity contribution in [3.05, 3.63) is 54.1 Å². The van der Waals surface area contributed by atoms with Crippen molar-refractivity contribution in [2.45, 2.75) is 33.4 Å². The molecule has 0 atom stereocenters. The fourth-order valence-corrected chi connectivity index (χ4v) is 2.27. The van der Waals surface area contributed by atoms with Crippen molar-refractivity contribution in [3.63, 3.8) is 0 Å². The summed E-state index contributed by atoms with van der Waals surface area (Å²) in [6, 6.07) is 16.1. The maximum atomic E-state index is 5.83. The summed E-state index contributed by atoms with van der Waals surface area (Å²) in [5, 5.41) is 3.43. The topological polar surface area (TPSA) is 39.7 Å². The fourth-order valence-electron chi connectivity index (χ4n) is 2.27. The van der Waals surface area contributed by atoms with Crippen molar-refractivity contribution in [2.24, 2.45) is 0 Å². The zero-order valence-electron chi connectivity index (χ0n) is 14.7. The Bertz CT molecular complexity index is 613. The Morgan fingerprint density at radius 1 is 1.00 bits per heavy atom. The van der Waals surface area contributed by atoms with Crippen molar-refractivity contribution in [1.29, 1.82) is 0 Å². The van der Waals surface area contributed by atoms with Crippen molar-refractivity contribution in [2.75, 3.05) is 25.1 Å². The Morgan fingerprint density at radius 2 is 1.83 bits per heavy atom. The Kier molecular flexibility index (Phi) is 7.43. The van der Waals surface area contributed by atoms with E-state index in [1.54, 1.807) is 0 Å². The molecule has 24 heavy (non-hydrogen) atoms. The molecule has 0 unspecified atom stereocenters. The molecule has 130 valence electrons. The molecular formula is C20H27NO3. The van der Waals surface area contributed by atoms with Crippen molar-refractivity contribution in [3.8, 4) is 11.5 Å². The van der Waals surface area contributed by atoms with Gasteiger partial charge in [-0.05, 0) is 50.6 Å². The van der Waals surface area contributed by atoms with Crippen LogP contribution in [0.4, 0.5) is 5.69 Å². The van der Waals surface area contributed by atoms with E-state index in [-0.39, 0.29) is 6.10 Å². The number of hydrogen-bond donors (Lipinski definition) is 1. The average Bonchev–Trinajstić information content (AvgIpc) is 2.58. The first-order valence-electron chi connectivity index (χ1n) is 8.48. The lowest BCUT2D eigenvalue weighted by molar-refractivity contribution is 0.110. The van der Waals surface area contributed by atoms with Gasteiger partial charge in [0, 0.05) is 13.2 Å². The number of rotatable bonds is 10. The number of ether oxygens (including phenoxy) is 3. The van der Waals surface area contributed by atoms with E-state index >= 15 is 0 Å². The molecule has 0 aliphatic rings. The fraction of sp³-hybridized carbons (Fsp3) is 0.400. The van der Waals surface area contributed by atoms with Gasteiger partial charge in [-0.1, -0.05) is 24.3 Å². The predicted molar refractivity (Wildman–Crippen MR) is 98.0 cm³/mol. The van der Waals surface area contributed by atoms with Crippen LogP contribution in [0.3, 0.4) is 0 Å². The lowest BCUT2D eigenvalue weighted by atomic mass is 10.2. The van der Waals surface area contributed by atoms with Crippen LogP contribution >= 0.6 is 0 Å². The molecule has 0 fully saturated rings. The quantitative estimate of drug-likeness (QED) is 0.651. The van der Waals surface area contributed by atoms with E-state index in [9.17, 15) is 0 Å². The SMILES string of the molecule is CCOCCOc1cccc(CNc2ccccc2OC(C)C)c1. The third-order valence-corrected chi connectivity index (χ3v) is 3.33. The van der Waals surface area contributed by atoms with Gasteiger partial charge in [0.05, 0.1) is 18.4 Å². The minimum absolute atomic E-state index is 0.148. The summed E-state index contributed by atoms with van der Waals surface area (Å²) >= 11 is 0. The van der Waals surface area contributed by atoms with E-state index in [4.69, 9.17) is 14.2 Å². The standard InChI is InChI=1S/C20H27NO3/c1-4-22-12-13-23-18-9-7-8-17(14-18)15-21-19-10-5-6-11-20(19)24-16(2)3/h5-11,14,16,21H,4,12-13,15H2,1-3H3. The lowest BCUT2D eigenvalue weighted by Gasteiger charge is -2.15. The molecule has 0 aliphatic carbocycles. The van der Waals surface area contributed by atoms with Crippen molar-refractivity contribution in [1.82, 2.24) is 0 Å². The van der Waals surface area contributed by atoms with E-state index < -0.39 is 0 Å². The molecule has 1 N–H and O–H groups in total. The first-order chi connectivity index (χ1) is 11.7. The molecule has 2 aromatic rings. The largest absolute Gasteiger partial charge is 0.491 e. The van der Waals surface area contributed by atoms with Crippen LogP contribution in [0.15, 0.2) is 48.5 Å². The zero-order chi connectivity index (χ0) is 17.2. The number of benzene rings is 2. The van der Waals surface area contributed by atoms with E-state index in [2.05, 4.69) is 11.4 Å². The van der Waals surface area contributed by atoms with Crippen LogP contribution in [0.2, 0.25) is 0 Å². The first-order valence-corrected chi connectivity index (χ1v) is 8.48. The second kappa shape index (κ2) is 9.83. The van der Waals surface area contributed by atoms with Crippen LogP contribution in [-0.2, 0) is 11.3 Å². The molecule has 4 nitrogen and oxygen atoms in total. The number of para-hydroxylation sites is 2. The van der Waals surface area contributed by atoms with Gasteiger partial charge in [0.25, 0.3) is 0 Å². The van der Waals surface area contributed by atoms with Crippen LogP contribution < -0.4 is 14.8 Å². The molecule has 0 bridgehead atoms. The Hall–Kier alpha value is -2.20. The number of nitrogens with one attached hydrogen (secondary N) is 1. The van der Waals surface area contributed by atoms with Crippen LogP contribution in [0.25, 0.3) is 0 Å². The molecule has 2 rings (SSSR count). The molecular weight excluding hydrogens is 302 g/mol. The van der Waals surface area contributed by atoms with Gasteiger partial charge >= 0.3 is 0 Å². The highest BCUT2D eigenvalue weighted by atomic mass is 16.5. The van der Waals surface area contributed by atoms with Crippen molar-refractivity contribution >= 4 is 5.69 Å². The van der Waals surface area contributed by atoms with E-state index in [1.165, 1.54) is 0 Å². The van der Waals surface area contributed by atoms with Gasteiger partial charge in [0.15, 0.2) is 0 Å². The van der Waals surface area contributed by atoms with Crippen LogP contribution in [0, 0.1) is 0 Å². The molecule has 0 saturated carbocycles. The second-order valence-corrected chi connectivity index (χ2v) is 5.71. The van der Waals surface area contributed by atoms with Crippen LogP contribution in [0.1, 0.15) is 26.3 Å². The summed E-state index contributed by atoms with van der Waals surface area (Å²) in [4.78, 5) is 0. The normalized spacial score (nSPS) is 10.7. The minimum Gasteiger partial charge on any atom is -0.491 e. The van der Waals surface area contributed by atoms with Gasteiger partial charge in [-0.25, -0.2) is 0 Å². The Balaban J connectivity index is 1.92. The number of anilines is 1. The lowest BCUT2D eigenvalue weighted by Crippen LogP contribution is -2.09. The molecule has 2 aromatic carbocycles.